The van der Waals surface area contributed by atoms with Crippen molar-refractivity contribution in [3.05, 3.63) is 34.9 Å². The number of aliphatic hydroxyl groups is 1. The molecule has 0 aliphatic carbocycles. The second-order valence-corrected chi connectivity index (χ2v) is 6.01. The number of alkyl halides is 9. The Labute approximate surface area is 137 Å². The molecule has 1 N–H and O–H groups in total. The van der Waals surface area contributed by atoms with Crippen LogP contribution in [0.4, 0.5) is 35.1 Å². The summed E-state index contributed by atoms with van der Waals surface area (Å²) in [4.78, 5) is 0. The summed E-state index contributed by atoms with van der Waals surface area (Å²) in [5.74, 6) is -18.8. The Morgan fingerprint density at radius 1 is 0.864 bits per heavy atom. The highest BCUT2D eigenvalue weighted by atomic mass is 127. The van der Waals surface area contributed by atoms with Crippen LogP contribution in [0.3, 0.4) is 0 Å². The molecule has 0 amide bonds. The van der Waals surface area contributed by atoms with E-state index >= 15 is 0 Å². The summed E-state index contributed by atoms with van der Waals surface area (Å²) in [6, 6.07) is 3.22. The van der Waals surface area contributed by atoms with Crippen LogP contribution in [0.5, 0.6) is 0 Å². The smallest absolute Gasteiger partial charge is 0.382 e. The molecule has 0 aliphatic rings. The Hall–Kier alpha value is -0.360. The van der Waals surface area contributed by atoms with Gasteiger partial charge in [-0.05, 0) is 17.7 Å². The first-order valence-electron chi connectivity index (χ1n) is 5.30. The second kappa shape index (κ2) is 5.93. The number of halogens is 10. The number of aliphatic hydroxyl groups excluding tert-OH is 1. The van der Waals surface area contributed by atoms with Gasteiger partial charge in [-0.15, -0.1) is 0 Å². The summed E-state index contributed by atoms with van der Waals surface area (Å²) >= 11 is 5.05. The fourth-order valence-corrected chi connectivity index (χ4v) is 1.88. The molecule has 22 heavy (non-hydrogen) atoms. The molecule has 1 aromatic carbocycles. The van der Waals surface area contributed by atoms with Gasteiger partial charge in [0.25, 0.3) is 0 Å². The molecule has 1 aromatic rings. The van der Waals surface area contributed by atoms with E-state index in [1.807, 2.05) is 0 Å². The summed E-state index contributed by atoms with van der Waals surface area (Å²) in [5, 5.41) is 9.25. The molecule has 0 bridgehead atoms. The minimum atomic E-state index is -6.51. The number of hydrogen-bond donors (Lipinski definition) is 1. The van der Waals surface area contributed by atoms with Crippen molar-refractivity contribution in [3.63, 3.8) is 0 Å². The minimum Gasteiger partial charge on any atom is -0.382 e. The van der Waals surface area contributed by atoms with E-state index in [2.05, 4.69) is 0 Å². The maximum atomic E-state index is 13.6. The zero-order valence-electron chi connectivity index (χ0n) is 10.1. The van der Waals surface area contributed by atoms with Gasteiger partial charge in [-0.3, -0.25) is 0 Å². The van der Waals surface area contributed by atoms with Crippen molar-refractivity contribution >= 4 is 34.2 Å². The lowest BCUT2D eigenvalue weighted by Crippen LogP contribution is -2.62. The van der Waals surface area contributed by atoms with Crippen LogP contribution in [-0.4, -0.2) is 26.8 Å². The van der Waals surface area contributed by atoms with E-state index < -0.39 is 33.4 Å². The second-order valence-electron chi connectivity index (χ2n) is 4.22. The Balaban J connectivity index is 3.29. The van der Waals surface area contributed by atoms with E-state index in [9.17, 15) is 40.2 Å². The van der Waals surface area contributed by atoms with E-state index in [4.69, 9.17) is 11.6 Å². The van der Waals surface area contributed by atoms with Gasteiger partial charge in [0, 0.05) is 27.6 Å². The topological polar surface area (TPSA) is 20.2 Å². The fourth-order valence-electron chi connectivity index (χ4n) is 1.41. The van der Waals surface area contributed by atoms with Crippen LogP contribution < -0.4 is 0 Å². The minimum absolute atomic E-state index is 0.00449. The quantitative estimate of drug-likeness (QED) is 0.353. The van der Waals surface area contributed by atoms with Gasteiger partial charge in [0.1, 0.15) is 6.10 Å². The molecule has 0 radical (unpaired) electrons. The Kier molecular flexibility index (Phi) is 5.31. The first kappa shape index (κ1) is 19.7. The van der Waals surface area contributed by atoms with Crippen LogP contribution in [0, 0.1) is 0 Å². The van der Waals surface area contributed by atoms with Gasteiger partial charge >= 0.3 is 21.7 Å². The van der Waals surface area contributed by atoms with Crippen molar-refractivity contribution in [1.82, 2.24) is 0 Å². The van der Waals surface area contributed by atoms with Crippen LogP contribution in [0.25, 0.3) is 0 Å². The standard InChI is InChI=1S/C11H6ClF8IO/c12-6-3-1-5(2-4-6)7(22)8(13,14)9(15,16)10(17,18)11(19,20)21/h1-4,7,22H. The molecule has 0 fully saturated rings. The molecule has 0 heterocycles. The van der Waals surface area contributed by atoms with Gasteiger partial charge < -0.3 is 5.11 Å². The molecule has 1 unspecified atom stereocenters. The van der Waals surface area contributed by atoms with Crippen molar-refractivity contribution < 1.29 is 40.2 Å². The lowest BCUT2D eigenvalue weighted by Gasteiger charge is -2.36. The van der Waals surface area contributed by atoms with Crippen molar-refractivity contribution in [3.8, 4) is 0 Å². The van der Waals surface area contributed by atoms with Gasteiger partial charge in [0.2, 0.25) is 0 Å². The van der Waals surface area contributed by atoms with E-state index in [-0.39, 0.29) is 27.6 Å². The maximum absolute atomic E-state index is 13.6. The van der Waals surface area contributed by atoms with Gasteiger partial charge in [0.05, 0.1) is 0 Å². The monoisotopic (exact) mass is 468 g/mol. The van der Waals surface area contributed by atoms with Gasteiger partial charge in [-0.2, -0.15) is 35.1 Å². The van der Waals surface area contributed by atoms with Crippen molar-refractivity contribution in [1.29, 1.82) is 0 Å². The molecular weight excluding hydrogens is 462 g/mol. The average Bonchev–Trinajstić information content (AvgIpc) is 2.37. The molecule has 1 atom stereocenters. The van der Waals surface area contributed by atoms with E-state index in [1.165, 1.54) is 0 Å². The predicted octanol–water partition coefficient (Wildman–Crippen LogP) is 5.31. The van der Waals surface area contributed by atoms with Crippen LogP contribution >= 0.6 is 34.2 Å². The third kappa shape index (κ3) is 3.14. The molecular formula is C11H6ClF8IO. The summed E-state index contributed by atoms with van der Waals surface area (Å²) < 4.78 is 99.5. The lowest BCUT2D eigenvalue weighted by molar-refractivity contribution is -0.360. The Morgan fingerprint density at radius 2 is 1.27 bits per heavy atom. The third-order valence-corrected chi connectivity index (χ3v) is 3.63. The van der Waals surface area contributed by atoms with Crippen LogP contribution in [0.15, 0.2) is 24.3 Å². The summed E-state index contributed by atoms with van der Waals surface area (Å²) in [7, 11) is 0. The summed E-state index contributed by atoms with van der Waals surface area (Å²) in [6.45, 7) is 0. The fraction of sp³-hybridized carbons (Fsp3) is 0.455. The largest absolute Gasteiger partial charge is 0.387 e. The van der Waals surface area contributed by atoms with Crippen molar-refractivity contribution in [2.75, 3.05) is 0 Å². The normalized spacial score (nSPS) is 15.8. The first-order valence-corrected chi connectivity index (χ1v) is 6.75. The lowest BCUT2D eigenvalue weighted by atomic mass is 9.95. The Morgan fingerprint density at radius 3 is 1.64 bits per heavy atom. The van der Waals surface area contributed by atoms with Crippen molar-refractivity contribution in [2.24, 2.45) is 0 Å². The highest BCUT2D eigenvalue weighted by Crippen LogP contribution is 2.57. The molecule has 126 valence electrons. The zero-order valence-corrected chi connectivity index (χ0v) is 13.0. The molecule has 0 saturated carbocycles. The van der Waals surface area contributed by atoms with E-state index in [0.29, 0.717) is 12.1 Å². The van der Waals surface area contributed by atoms with Crippen molar-refractivity contribution in [2.45, 2.75) is 27.8 Å². The van der Waals surface area contributed by atoms with Gasteiger partial charge in [-0.25, -0.2) is 0 Å². The molecule has 1 rings (SSSR count). The first-order chi connectivity index (χ1) is 9.66. The predicted molar refractivity (Wildman–Crippen MR) is 70.2 cm³/mol. The Bertz CT molecular complexity index is 528. The molecule has 11 heteroatoms. The maximum Gasteiger partial charge on any atom is 0.387 e. The number of benzene rings is 1. The summed E-state index contributed by atoms with van der Waals surface area (Å²) in [5.41, 5.74) is -0.887. The third-order valence-electron chi connectivity index (χ3n) is 2.70. The molecule has 0 saturated heterocycles. The number of rotatable bonds is 5. The molecule has 1 nitrogen and oxygen atoms in total. The van der Waals surface area contributed by atoms with Gasteiger partial charge in [0.15, 0.2) is 0 Å². The SMILES string of the molecule is OC(c1ccc(Cl)cc1)C(F)(F)C(F)(F)C(F)(F)C(F)(F)I. The molecule has 0 spiro atoms. The average molecular weight is 469 g/mol. The van der Waals surface area contributed by atoms with E-state index in [0.717, 1.165) is 12.1 Å². The number of hydrogen-bond acceptors (Lipinski definition) is 1. The van der Waals surface area contributed by atoms with Crippen LogP contribution in [0.2, 0.25) is 5.02 Å². The summed E-state index contributed by atoms with van der Waals surface area (Å²) in [6.07, 6.45) is -3.44. The highest BCUT2D eigenvalue weighted by Gasteiger charge is 2.81. The molecule has 0 aliphatic heterocycles. The zero-order chi connectivity index (χ0) is 17.6. The van der Waals surface area contributed by atoms with Crippen LogP contribution in [0.1, 0.15) is 11.7 Å². The van der Waals surface area contributed by atoms with Gasteiger partial charge in [-0.1, -0.05) is 23.7 Å². The van der Waals surface area contributed by atoms with Crippen LogP contribution in [-0.2, 0) is 0 Å². The molecule has 0 aromatic heterocycles. The van der Waals surface area contributed by atoms with E-state index in [1.54, 1.807) is 0 Å². The highest BCUT2D eigenvalue weighted by molar-refractivity contribution is 14.1.